The van der Waals surface area contributed by atoms with Crippen LogP contribution >= 0.6 is 0 Å². The number of amides is 2. The van der Waals surface area contributed by atoms with E-state index in [-0.39, 0.29) is 24.9 Å². The predicted molar refractivity (Wildman–Crippen MR) is 61.0 cm³/mol. The van der Waals surface area contributed by atoms with Crippen molar-refractivity contribution in [2.45, 2.75) is 6.92 Å². The van der Waals surface area contributed by atoms with E-state index in [4.69, 9.17) is 5.73 Å². The van der Waals surface area contributed by atoms with Gasteiger partial charge in [-0.05, 0) is 24.6 Å². The van der Waals surface area contributed by atoms with Crippen LogP contribution in [-0.4, -0.2) is 24.9 Å². The van der Waals surface area contributed by atoms with Crippen molar-refractivity contribution in [3.8, 4) is 0 Å². The fraction of sp³-hybridized carbons (Fsp3) is 0.273. The van der Waals surface area contributed by atoms with Gasteiger partial charge in [0.25, 0.3) is 0 Å². The summed E-state index contributed by atoms with van der Waals surface area (Å²) < 4.78 is 0. The second-order valence-corrected chi connectivity index (χ2v) is 3.87. The van der Waals surface area contributed by atoms with Gasteiger partial charge in [-0.3, -0.25) is 14.9 Å². The summed E-state index contributed by atoms with van der Waals surface area (Å²) in [7, 11) is 0. The lowest BCUT2D eigenvalue weighted by atomic mass is 10.1. The summed E-state index contributed by atoms with van der Waals surface area (Å²) in [6.45, 7) is 2.29. The average Bonchev–Trinajstić information content (AvgIpc) is 2.20. The maximum absolute atomic E-state index is 11.2. The van der Waals surface area contributed by atoms with Crippen LogP contribution in [0.2, 0.25) is 0 Å². The Morgan fingerprint density at radius 1 is 1.25 bits per heavy atom. The van der Waals surface area contributed by atoms with Gasteiger partial charge in [-0.15, -0.1) is 0 Å². The molecule has 16 heavy (non-hydrogen) atoms. The Labute approximate surface area is 93.2 Å². The topological polar surface area (TPSA) is 75.4 Å². The van der Waals surface area contributed by atoms with Gasteiger partial charge >= 0.3 is 0 Å². The molecule has 0 spiro atoms. The highest BCUT2D eigenvalue weighted by Crippen LogP contribution is 2.21. The van der Waals surface area contributed by atoms with Crippen molar-refractivity contribution < 1.29 is 9.59 Å². The second-order valence-electron chi connectivity index (χ2n) is 3.87. The van der Waals surface area contributed by atoms with Crippen LogP contribution in [0.15, 0.2) is 18.2 Å². The van der Waals surface area contributed by atoms with E-state index in [1.807, 2.05) is 19.1 Å². The summed E-state index contributed by atoms with van der Waals surface area (Å²) >= 11 is 0. The molecule has 0 unspecified atom stereocenters. The molecular formula is C11H13N3O2. The maximum Gasteiger partial charge on any atom is 0.246 e. The van der Waals surface area contributed by atoms with Crippen LogP contribution in [0, 0.1) is 6.92 Å². The van der Waals surface area contributed by atoms with Crippen molar-refractivity contribution in [3.63, 3.8) is 0 Å². The first-order valence-electron chi connectivity index (χ1n) is 5.00. The molecule has 2 amide bonds. The van der Waals surface area contributed by atoms with Gasteiger partial charge in [-0.1, -0.05) is 6.07 Å². The average molecular weight is 219 g/mol. The number of nitrogens with two attached hydrogens (primary N) is 1. The minimum Gasteiger partial charge on any atom is -0.398 e. The third-order valence-electron chi connectivity index (χ3n) is 2.58. The van der Waals surface area contributed by atoms with Gasteiger partial charge in [-0.2, -0.15) is 0 Å². The van der Waals surface area contributed by atoms with Crippen LogP contribution in [0.1, 0.15) is 5.56 Å². The smallest absolute Gasteiger partial charge is 0.246 e. The van der Waals surface area contributed by atoms with Gasteiger partial charge in [0.15, 0.2) is 0 Å². The Balaban J connectivity index is 2.26. The van der Waals surface area contributed by atoms with E-state index in [2.05, 4.69) is 5.32 Å². The largest absolute Gasteiger partial charge is 0.398 e. The molecule has 1 aromatic rings. The van der Waals surface area contributed by atoms with Gasteiger partial charge in [0.2, 0.25) is 11.8 Å². The normalized spacial score (nSPS) is 16.2. The molecule has 1 aliphatic heterocycles. The lowest BCUT2D eigenvalue weighted by molar-refractivity contribution is -0.130. The van der Waals surface area contributed by atoms with Crippen LogP contribution in [0.5, 0.6) is 0 Å². The Bertz CT molecular complexity index is 441. The zero-order valence-electron chi connectivity index (χ0n) is 8.99. The molecule has 0 saturated carbocycles. The number of anilines is 2. The van der Waals surface area contributed by atoms with E-state index in [0.29, 0.717) is 5.69 Å². The van der Waals surface area contributed by atoms with Crippen LogP contribution in [-0.2, 0) is 9.59 Å². The quantitative estimate of drug-likeness (QED) is 0.516. The molecule has 5 heteroatoms. The lowest BCUT2D eigenvalue weighted by Crippen LogP contribution is -2.51. The van der Waals surface area contributed by atoms with Crippen LogP contribution < -0.4 is 16.0 Å². The highest BCUT2D eigenvalue weighted by molar-refractivity contribution is 6.02. The standard InChI is InChI=1S/C11H13N3O2/c1-7-2-3-8(4-9(7)12)14-5-10(15)13-11(16)6-14/h2-4H,5-6,12H2,1H3,(H,13,15,16). The lowest BCUT2D eigenvalue weighted by Gasteiger charge is -2.27. The molecule has 1 saturated heterocycles. The van der Waals surface area contributed by atoms with E-state index in [1.165, 1.54) is 0 Å². The second kappa shape index (κ2) is 3.84. The molecule has 1 aliphatic rings. The van der Waals surface area contributed by atoms with E-state index < -0.39 is 0 Å². The first kappa shape index (κ1) is 10.5. The summed E-state index contributed by atoms with van der Waals surface area (Å²) in [6, 6.07) is 5.51. The number of nitrogen functional groups attached to an aromatic ring is 1. The molecule has 0 radical (unpaired) electrons. The maximum atomic E-state index is 11.2. The number of hydrogen-bond donors (Lipinski definition) is 2. The highest BCUT2D eigenvalue weighted by atomic mass is 16.2. The number of aryl methyl sites for hydroxylation is 1. The molecule has 0 bridgehead atoms. The number of rotatable bonds is 1. The van der Waals surface area contributed by atoms with Crippen LogP contribution in [0.3, 0.4) is 0 Å². The van der Waals surface area contributed by atoms with E-state index in [9.17, 15) is 9.59 Å². The van der Waals surface area contributed by atoms with Crippen molar-refractivity contribution in [1.82, 2.24) is 5.32 Å². The Morgan fingerprint density at radius 2 is 1.88 bits per heavy atom. The van der Waals surface area contributed by atoms with Crippen molar-refractivity contribution in [3.05, 3.63) is 23.8 Å². The third kappa shape index (κ3) is 1.98. The Kier molecular flexibility index (Phi) is 2.52. The Hall–Kier alpha value is -2.04. The number of benzene rings is 1. The van der Waals surface area contributed by atoms with Crippen molar-refractivity contribution in [1.29, 1.82) is 0 Å². The molecule has 1 fully saturated rings. The van der Waals surface area contributed by atoms with Gasteiger partial charge in [-0.25, -0.2) is 0 Å². The summed E-state index contributed by atoms with van der Waals surface area (Å²) in [6.07, 6.45) is 0. The fourth-order valence-corrected chi connectivity index (χ4v) is 1.64. The molecule has 5 nitrogen and oxygen atoms in total. The molecule has 0 aromatic heterocycles. The highest BCUT2D eigenvalue weighted by Gasteiger charge is 2.22. The monoisotopic (exact) mass is 219 g/mol. The number of nitrogens with zero attached hydrogens (tertiary/aromatic N) is 1. The van der Waals surface area contributed by atoms with Gasteiger partial charge in [0.05, 0.1) is 13.1 Å². The third-order valence-corrected chi connectivity index (χ3v) is 2.58. The predicted octanol–water partition coefficient (Wildman–Crippen LogP) is 0.0400. The molecular weight excluding hydrogens is 206 g/mol. The summed E-state index contributed by atoms with van der Waals surface area (Å²) in [5, 5.41) is 2.25. The van der Waals surface area contributed by atoms with Crippen molar-refractivity contribution >= 4 is 23.2 Å². The SMILES string of the molecule is Cc1ccc(N2CC(=O)NC(=O)C2)cc1N. The number of nitrogens with one attached hydrogen (secondary N) is 1. The van der Waals surface area contributed by atoms with Crippen molar-refractivity contribution in [2.24, 2.45) is 0 Å². The zero-order valence-corrected chi connectivity index (χ0v) is 8.99. The molecule has 0 atom stereocenters. The summed E-state index contributed by atoms with van der Waals surface area (Å²) in [5.41, 5.74) is 8.23. The van der Waals surface area contributed by atoms with Crippen LogP contribution in [0.4, 0.5) is 11.4 Å². The number of piperazine rings is 1. The fourth-order valence-electron chi connectivity index (χ4n) is 1.64. The molecule has 1 heterocycles. The zero-order chi connectivity index (χ0) is 11.7. The number of carbonyl (C=O) groups is 2. The molecule has 1 aromatic carbocycles. The molecule has 2 rings (SSSR count). The summed E-state index contributed by atoms with van der Waals surface area (Å²) in [4.78, 5) is 24.1. The number of carbonyl (C=O) groups excluding carboxylic acids is 2. The van der Waals surface area contributed by atoms with E-state index >= 15 is 0 Å². The van der Waals surface area contributed by atoms with Gasteiger partial charge in [0.1, 0.15) is 0 Å². The molecule has 84 valence electrons. The first-order valence-corrected chi connectivity index (χ1v) is 5.00. The van der Waals surface area contributed by atoms with Crippen molar-refractivity contribution in [2.75, 3.05) is 23.7 Å². The van der Waals surface area contributed by atoms with Gasteiger partial charge < -0.3 is 10.6 Å². The summed E-state index contributed by atoms with van der Waals surface area (Å²) in [5.74, 6) is -0.564. The van der Waals surface area contributed by atoms with E-state index in [0.717, 1.165) is 11.3 Å². The molecule has 0 aliphatic carbocycles. The first-order chi connectivity index (χ1) is 7.56. The minimum atomic E-state index is -0.282. The number of hydrogen-bond acceptors (Lipinski definition) is 4. The Morgan fingerprint density at radius 3 is 2.44 bits per heavy atom. The van der Waals surface area contributed by atoms with Gasteiger partial charge in [0, 0.05) is 11.4 Å². The van der Waals surface area contributed by atoms with E-state index in [1.54, 1.807) is 11.0 Å². The minimum absolute atomic E-state index is 0.189. The number of imide groups is 1. The van der Waals surface area contributed by atoms with Crippen LogP contribution in [0.25, 0.3) is 0 Å². The molecule has 3 N–H and O–H groups in total.